The van der Waals surface area contributed by atoms with Gasteiger partial charge < -0.3 is 14.5 Å². The molecule has 0 aromatic heterocycles. The molecular weight excluding hydrogens is 264 g/mol. The molecule has 0 aliphatic carbocycles. The molecule has 7 nitrogen and oxygen atoms in total. The summed E-state index contributed by atoms with van der Waals surface area (Å²) in [6, 6.07) is 0. The van der Waals surface area contributed by atoms with E-state index in [9.17, 15) is 14.4 Å². The zero-order valence-electron chi connectivity index (χ0n) is 11.9. The number of hydrogen-bond donors (Lipinski definition) is 1. The van der Waals surface area contributed by atoms with Crippen LogP contribution in [0.15, 0.2) is 0 Å². The third-order valence-electron chi connectivity index (χ3n) is 3.11. The molecule has 7 heteroatoms. The van der Waals surface area contributed by atoms with Gasteiger partial charge in [-0.15, -0.1) is 5.48 Å². The topological polar surface area (TPSA) is 84.9 Å². The van der Waals surface area contributed by atoms with Crippen LogP contribution >= 0.6 is 0 Å². The van der Waals surface area contributed by atoms with Gasteiger partial charge >= 0.3 is 11.9 Å². The van der Waals surface area contributed by atoms with Crippen LogP contribution in [-0.4, -0.2) is 49.5 Å². The molecule has 20 heavy (non-hydrogen) atoms. The Kier molecular flexibility index (Phi) is 7.64. The van der Waals surface area contributed by atoms with E-state index in [-0.39, 0.29) is 18.9 Å². The number of hydroxylamine groups is 1. The van der Waals surface area contributed by atoms with Gasteiger partial charge in [0.25, 0.3) is 0 Å². The quantitative estimate of drug-likeness (QED) is 0.538. The highest BCUT2D eigenvalue weighted by atomic mass is 16.7. The van der Waals surface area contributed by atoms with Gasteiger partial charge in [-0.25, -0.2) is 0 Å². The molecule has 0 unspecified atom stereocenters. The van der Waals surface area contributed by atoms with E-state index in [4.69, 9.17) is 0 Å². The van der Waals surface area contributed by atoms with Crippen LogP contribution in [0.25, 0.3) is 0 Å². The number of methoxy groups -OCH3 is 1. The number of nitrogens with zero attached hydrogens (tertiary/aromatic N) is 1. The predicted octanol–water partition coefficient (Wildman–Crippen LogP) is 0.390. The summed E-state index contributed by atoms with van der Waals surface area (Å²) in [4.78, 5) is 40.4. The summed E-state index contributed by atoms with van der Waals surface area (Å²) in [5, 5.41) is 0. The van der Waals surface area contributed by atoms with Crippen molar-refractivity contribution in [1.29, 1.82) is 0 Å². The molecule has 0 saturated carbocycles. The second-order valence-corrected chi connectivity index (χ2v) is 4.67. The Morgan fingerprint density at radius 3 is 2.40 bits per heavy atom. The molecule has 0 aromatic rings. The van der Waals surface area contributed by atoms with Crippen molar-refractivity contribution in [2.45, 2.75) is 38.5 Å². The van der Waals surface area contributed by atoms with E-state index in [2.05, 4.69) is 15.1 Å². The minimum absolute atomic E-state index is 0.0972. The maximum Gasteiger partial charge on any atom is 0.324 e. The summed E-state index contributed by atoms with van der Waals surface area (Å²) in [5.74, 6) is -0.904. The number of esters is 1. The zero-order chi connectivity index (χ0) is 14.8. The van der Waals surface area contributed by atoms with Crippen molar-refractivity contribution in [3.05, 3.63) is 0 Å². The van der Waals surface area contributed by atoms with Gasteiger partial charge in [0.05, 0.1) is 7.11 Å². The molecule has 1 fully saturated rings. The van der Waals surface area contributed by atoms with E-state index in [0.29, 0.717) is 12.8 Å². The fraction of sp³-hybridized carbons (Fsp3) is 0.769. The van der Waals surface area contributed by atoms with Crippen molar-refractivity contribution >= 4 is 17.8 Å². The van der Waals surface area contributed by atoms with Crippen LogP contribution in [0.4, 0.5) is 0 Å². The first-order valence-corrected chi connectivity index (χ1v) is 6.90. The molecule has 0 radical (unpaired) electrons. The van der Waals surface area contributed by atoms with E-state index >= 15 is 0 Å². The Labute approximate surface area is 118 Å². The number of nitrogens with one attached hydrogen (secondary N) is 1. The van der Waals surface area contributed by atoms with E-state index < -0.39 is 11.9 Å². The van der Waals surface area contributed by atoms with E-state index in [1.807, 2.05) is 4.90 Å². The lowest BCUT2D eigenvalue weighted by Gasteiger charge is -2.26. The van der Waals surface area contributed by atoms with Crippen LogP contribution in [0.2, 0.25) is 0 Å². The Balaban J connectivity index is 2.06. The van der Waals surface area contributed by atoms with Gasteiger partial charge in [-0.2, -0.15) is 0 Å². The first-order valence-electron chi connectivity index (χ1n) is 6.90. The zero-order valence-corrected chi connectivity index (χ0v) is 11.9. The molecule has 1 saturated heterocycles. The Morgan fingerprint density at radius 1 is 1.05 bits per heavy atom. The number of amides is 1. The highest BCUT2D eigenvalue weighted by Gasteiger charge is 2.16. The van der Waals surface area contributed by atoms with Crippen molar-refractivity contribution in [3.8, 4) is 0 Å². The number of carbonyl (C=O) groups excluding carboxylic acids is 3. The van der Waals surface area contributed by atoms with Gasteiger partial charge in [0.1, 0.15) is 6.54 Å². The fourth-order valence-corrected chi connectivity index (χ4v) is 1.98. The minimum atomic E-state index is -0.516. The van der Waals surface area contributed by atoms with Gasteiger partial charge in [0, 0.05) is 25.9 Å². The lowest BCUT2D eigenvalue weighted by atomic mass is 10.1. The van der Waals surface area contributed by atoms with E-state index in [1.54, 1.807) is 0 Å². The van der Waals surface area contributed by atoms with Gasteiger partial charge in [-0.3, -0.25) is 14.4 Å². The van der Waals surface area contributed by atoms with Crippen LogP contribution in [0.1, 0.15) is 38.5 Å². The van der Waals surface area contributed by atoms with Crippen LogP contribution < -0.4 is 5.48 Å². The van der Waals surface area contributed by atoms with Crippen LogP contribution in [0.5, 0.6) is 0 Å². The first-order chi connectivity index (χ1) is 9.63. The summed E-state index contributed by atoms with van der Waals surface area (Å²) in [6.07, 6.45) is 4.26. The maximum absolute atomic E-state index is 11.8. The van der Waals surface area contributed by atoms with Crippen molar-refractivity contribution in [1.82, 2.24) is 10.4 Å². The van der Waals surface area contributed by atoms with Gasteiger partial charge in [0.2, 0.25) is 5.91 Å². The number of likely N-dealkylation sites (tertiary alicyclic amines) is 1. The van der Waals surface area contributed by atoms with Crippen LogP contribution in [-0.2, 0) is 24.0 Å². The smallest absolute Gasteiger partial charge is 0.324 e. The molecule has 1 aliphatic rings. The Hall–Kier alpha value is -1.63. The largest absolute Gasteiger partial charge is 0.468 e. The summed E-state index contributed by atoms with van der Waals surface area (Å²) in [5.41, 5.74) is 2.22. The van der Waals surface area contributed by atoms with Crippen LogP contribution in [0, 0.1) is 0 Å². The first kappa shape index (κ1) is 16.4. The fourth-order valence-electron chi connectivity index (χ4n) is 1.98. The van der Waals surface area contributed by atoms with Crippen molar-refractivity contribution in [2.24, 2.45) is 0 Å². The number of piperidine rings is 1. The molecule has 1 N–H and O–H groups in total. The predicted molar refractivity (Wildman–Crippen MR) is 70.4 cm³/mol. The molecule has 0 spiro atoms. The number of rotatable bonds is 7. The number of ether oxygens (including phenoxy) is 1. The third-order valence-corrected chi connectivity index (χ3v) is 3.11. The third kappa shape index (κ3) is 6.51. The molecule has 1 amide bonds. The van der Waals surface area contributed by atoms with Crippen LogP contribution in [0.3, 0.4) is 0 Å². The van der Waals surface area contributed by atoms with Gasteiger partial charge in [-0.1, -0.05) is 0 Å². The normalized spacial score (nSPS) is 14.8. The molecular formula is C13H22N2O5. The molecule has 0 aromatic carbocycles. The van der Waals surface area contributed by atoms with Crippen molar-refractivity contribution < 1.29 is 24.0 Å². The SMILES string of the molecule is COC(=O)CNOC(=O)CCCC(=O)N1CCCCC1. The molecule has 0 bridgehead atoms. The molecule has 1 heterocycles. The van der Waals surface area contributed by atoms with E-state index in [0.717, 1.165) is 25.9 Å². The highest BCUT2D eigenvalue weighted by Crippen LogP contribution is 2.11. The average molecular weight is 286 g/mol. The number of carbonyl (C=O) groups is 3. The average Bonchev–Trinajstić information content (AvgIpc) is 2.47. The second kappa shape index (κ2) is 9.30. The minimum Gasteiger partial charge on any atom is -0.468 e. The van der Waals surface area contributed by atoms with Crippen molar-refractivity contribution in [3.63, 3.8) is 0 Å². The highest BCUT2D eigenvalue weighted by molar-refractivity contribution is 5.77. The summed E-state index contributed by atoms with van der Waals surface area (Å²) in [6.45, 7) is 1.46. The maximum atomic E-state index is 11.8. The molecule has 114 valence electrons. The molecule has 1 aliphatic heterocycles. The standard InChI is InChI=1S/C13H22N2O5/c1-19-13(18)10-14-20-12(17)7-5-6-11(16)15-8-3-2-4-9-15/h14H,2-10H2,1H3. The van der Waals surface area contributed by atoms with Crippen molar-refractivity contribution in [2.75, 3.05) is 26.7 Å². The Bertz CT molecular complexity index is 340. The van der Waals surface area contributed by atoms with Gasteiger partial charge in [0.15, 0.2) is 0 Å². The lowest BCUT2D eigenvalue weighted by Crippen LogP contribution is -2.35. The van der Waals surface area contributed by atoms with E-state index in [1.165, 1.54) is 13.5 Å². The summed E-state index contributed by atoms with van der Waals surface area (Å²) < 4.78 is 4.37. The molecule has 0 atom stereocenters. The summed E-state index contributed by atoms with van der Waals surface area (Å²) in [7, 11) is 1.25. The monoisotopic (exact) mass is 286 g/mol. The molecule has 1 rings (SSSR count). The lowest BCUT2D eigenvalue weighted by molar-refractivity contribution is -0.154. The van der Waals surface area contributed by atoms with Gasteiger partial charge in [-0.05, 0) is 25.7 Å². The summed E-state index contributed by atoms with van der Waals surface area (Å²) >= 11 is 0. The number of hydrogen-bond acceptors (Lipinski definition) is 6. The Morgan fingerprint density at radius 2 is 1.75 bits per heavy atom. The second-order valence-electron chi connectivity index (χ2n) is 4.67.